The molecule has 0 saturated carbocycles. The van der Waals surface area contributed by atoms with E-state index in [0.29, 0.717) is 18.3 Å². The van der Waals surface area contributed by atoms with Crippen LogP contribution in [0.5, 0.6) is 11.5 Å². The smallest absolute Gasteiger partial charge is 0.338 e. The first-order valence-electron chi connectivity index (χ1n) is 9.28. The van der Waals surface area contributed by atoms with Gasteiger partial charge in [-0.05, 0) is 43.2 Å². The maximum atomic E-state index is 12.4. The summed E-state index contributed by atoms with van der Waals surface area (Å²) in [7, 11) is 1.37. The Balaban J connectivity index is 2.01. The van der Waals surface area contributed by atoms with Crippen LogP contribution in [0.4, 0.5) is 11.4 Å². The largest absolute Gasteiger partial charge is 0.495 e. The Bertz CT molecular complexity index is 910. The molecule has 0 saturated heterocycles. The highest BCUT2D eigenvalue weighted by molar-refractivity contribution is 5.98. The van der Waals surface area contributed by atoms with Crippen molar-refractivity contribution in [1.29, 1.82) is 0 Å². The number of carbonyl (C=O) groups excluding carboxylic acids is 2. The Morgan fingerprint density at radius 2 is 1.77 bits per heavy atom. The molecule has 30 heavy (non-hydrogen) atoms. The van der Waals surface area contributed by atoms with Gasteiger partial charge in [0.2, 0.25) is 0 Å². The molecule has 0 unspecified atom stereocenters. The minimum absolute atomic E-state index is 0.103. The van der Waals surface area contributed by atoms with Gasteiger partial charge in [-0.3, -0.25) is 14.9 Å². The topological polar surface area (TPSA) is 117 Å². The van der Waals surface area contributed by atoms with E-state index in [1.54, 1.807) is 24.3 Å². The molecule has 9 heteroatoms. The van der Waals surface area contributed by atoms with Crippen molar-refractivity contribution in [3.63, 3.8) is 0 Å². The molecule has 0 aliphatic carbocycles. The number of carbonyl (C=O) groups is 2. The molecular weight excluding hydrogens is 392 g/mol. The number of amides is 1. The monoisotopic (exact) mass is 416 g/mol. The zero-order valence-corrected chi connectivity index (χ0v) is 17.2. The summed E-state index contributed by atoms with van der Waals surface area (Å²) in [4.78, 5) is 35.1. The van der Waals surface area contributed by atoms with E-state index in [1.165, 1.54) is 32.2 Å². The van der Waals surface area contributed by atoms with Crippen LogP contribution in [-0.4, -0.2) is 36.6 Å². The number of ether oxygens (including phenoxy) is 3. The quantitative estimate of drug-likeness (QED) is 0.375. The van der Waals surface area contributed by atoms with Crippen LogP contribution in [0.2, 0.25) is 0 Å². The number of anilines is 1. The Morgan fingerprint density at radius 1 is 1.10 bits per heavy atom. The van der Waals surface area contributed by atoms with Gasteiger partial charge in [-0.15, -0.1) is 0 Å². The molecule has 0 bridgehead atoms. The van der Waals surface area contributed by atoms with Crippen LogP contribution < -0.4 is 14.8 Å². The number of rotatable bonds is 9. The van der Waals surface area contributed by atoms with Crippen LogP contribution in [0.1, 0.15) is 31.1 Å². The van der Waals surface area contributed by atoms with Crippen molar-refractivity contribution in [2.24, 2.45) is 5.92 Å². The lowest BCUT2D eigenvalue weighted by Crippen LogP contribution is -2.30. The van der Waals surface area contributed by atoms with Crippen molar-refractivity contribution >= 4 is 23.3 Å². The summed E-state index contributed by atoms with van der Waals surface area (Å²) in [6.45, 7) is 6.02. The fourth-order valence-corrected chi connectivity index (χ4v) is 2.37. The molecule has 160 valence electrons. The van der Waals surface area contributed by atoms with Crippen molar-refractivity contribution in [2.75, 3.05) is 19.0 Å². The van der Waals surface area contributed by atoms with Gasteiger partial charge in [0.05, 0.1) is 29.9 Å². The second-order valence-electron chi connectivity index (χ2n) is 6.91. The van der Waals surface area contributed by atoms with E-state index in [-0.39, 0.29) is 22.7 Å². The Kier molecular flexibility index (Phi) is 7.74. The molecule has 1 amide bonds. The first-order chi connectivity index (χ1) is 14.2. The van der Waals surface area contributed by atoms with Gasteiger partial charge in [-0.1, -0.05) is 13.8 Å². The second-order valence-corrected chi connectivity index (χ2v) is 6.91. The van der Waals surface area contributed by atoms with Gasteiger partial charge in [-0.25, -0.2) is 4.79 Å². The molecule has 2 aromatic rings. The van der Waals surface area contributed by atoms with Gasteiger partial charge in [0.25, 0.3) is 11.6 Å². The molecule has 1 N–H and O–H groups in total. The normalized spacial score (nSPS) is 11.5. The SMILES string of the molecule is COc1ccc([N+](=O)[O-])cc1NC(=O)[C@@H](C)OC(=O)c1ccc(OCC(C)C)cc1. The van der Waals surface area contributed by atoms with Crippen molar-refractivity contribution in [3.05, 3.63) is 58.1 Å². The number of non-ortho nitro benzene ring substituents is 1. The zero-order valence-electron chi connectivity index (χ0n) is 17.2. The summed E-state index contributed by atoms with van der Waals surface area (Å²) in [5, 5.41) is 13.4. The number of hydrogen-bond acceptors (Lipinski definition) is 7. The van der Waals surface area contributed by atoms with Crippen molar-refractivity contribution in [2.45, 2.75) is 26.9 Å². The number of nitrogens with one attached hydrogen (secondary N) is 1. The number of hydrogen-bond donors (Lipinski definition) is 1. The van der Waals surface area contributed by atoms with Gasteiger partial charge in [-0.2, -0.15) is 0 Å². The highest BCUT2D eigenvalue weighted by Crippen LogP contribution is 2.29. The highest BCUT2D eigenvalue weighted by Gasteiger charge is 2.21. The van der Waals surface area contributed by atoms with Crippen molar-refractivity contribution < 1.29 is 28.7 Å². The highest BCUT2D eigenvalue weighted by atomic mass is 16.6. The molecule has 0 spiro atoms. The molecule has 0 radical (unpaired) electrons. The first kappa shape index (κ1) is 22.7. The standard InChI is InChI=1S/C21H24N2O7/c1-13(2)12-29-17-8-5-15(6-9-17)21(25)30-14(3)20(24)22-18-11-16(23(26)27)7-10-19(18)28-4/h5-11,13-14H,12H2,1-4H3,(H,22,24)/t14-/m1/s1. The summed E-state index contributed by atoms with van der Waals surface area (Å²) in [6.07, 6.45) is -1.14. The van der Waals surface area contributed by atoms with Gasteiger partial charge in [0.15, 0.2) is 6.10 Å². The van der Waals surface area contributed by atoms with Crippen LogP contribution in [0.3, 0.4) is 0 Å². The molecule has 0 fully saturated rings. The predicted octanol–water partition coefficient (Wildman–Crippen LogP) is 3.82. The molecule has 2 rings (SSSR count). The third-order valence-corrected chi connectivity index (χ3v) is 3.98. The van der Waals surface area contributed by atoms with E-state index < -0.39 is 22.9 Å². The lowest BCUT2D eigenvalue weighted by atomic mass is 10.2. The fourth-order valence-electron chi connectivity index (χ4n) is 2.37. The van der Waals surface area contributed by atoms with Gasteiger partial charge < -0.3 is 19.5 Å². The number of nitro benzene ring substituents is 1. The predicted molar refractivity (Wildman–Crippen MR) is 110 cm³/mol. The molecule has 9 nitrogen and oxygen atoms in total. The molecule has 0 aliphatic rings. The van der Waals surface area contributed by atoms with E-state index in [2.05, 4.69) is 5.32 Å². The van der Waals surface area contributed by atoms with Crippen LogP contribution in [0.15, 0.2) is 42.5 Å². The number of esters is 1. The van der Waals surface area contributed by atoms with Gasteiger partial charge in [0, 0.05) is 12.1 Å². The van der Waals surface area contributed by atoms with Gasteiger partial charge >= 0.3 is 5.97 Å². The maximum Gasteiger partial charge on any atom is 0.338 e. The van der Waals surface area contributed by atoms with Crippen LogP contribution in [-0.2, 0) is 9.53 Å². The zero-order chi connectivity index (χ0) is 22.3. The van der Waals surface area contributed by atoms with E-state index >= 15 is 0 Å². The first-order valence-corrected chi connectivity index (χ1v) is 9.28. The van der Waals surface area contributed by atoms with Gasteiger partial charge in [0.1, 0.15) is 11.5 Å². The number of benzene rings is 2. The maximum absolute atomic E-state index is 12.4. The van der Waals surface area contributed by atoms with Crippen LogP contribution >= 0.6 is 0 Å². The van der Waals surface area contributed by atoms with E-state index in [4.69, 9.17) is 14.2 Å². The molecule has 2 aromatic carbocycles. The van der Waals surface area contributed by atoms with Crippen molar-refractivity contribution in [3.8, 4) is 11.5 Å². The Labute approximate surface area is 174 Å². The Hall–Kier alpha value is -3.62. The average molecular weight is 416 g/mol. The number of nitro groups is 1. The second kappa shape index (κ2) is 10.2. The van der Waals surface area contributed by atoms with E-state index in [1.807, 2.05) is 13.8 Å². The lowest BCUT2D eigenvalue weighted by molar-refractivity contribution is -0.384. The third kappa shape index (κ3) is 6.20. The number of nitrogens with zero attached hydrogens (tertiary/aromatic N) is 1. The molecule has 1 atom stereocenters. The Morgan fingerprint density at radius 3 is 2.33 bits per heavy atom. The lowest BCUT2D eigenvalue weighted by Gasteiger charge is -2.15. The van der Waals surface area contributed by atoms with E-state index in [0.717, 1.165) is 0 Å². The number of methoxy groups -OCH3 is 1. The summed E-state index contributed by atoms with van der Waals surface area (Å²) in [5.41, 5.74) is 0.154. The van der Waals surface area contributed by atoms with Crippen molar-refractivity contribution in [1.82, 2.24) is 0 Å². The summed E-state index contributed by atoms with van der Waals surface area (Å²) >= 11 is 0. The summed E-state index contributed by atoms with van der Waals surface area (Å²) in [5.74, 6) is -0.0925. The van der Waals surface area contributed by atoms with Crippen LogP contribution in [0.25, 0.3) is 0 Å². The minimum atomic E-state index is -1.14. The molecule has 0 heterocycles. The fraction of sp³-hybridized carbons (Fsp3) is 0.333. The van der Waals surface area contributed by atoms with Crippen LogP contribution in [0, 0.1) is 16.0 Å². The third-order valence-electron chi connectivity index (χ3n) is 3.98. The minimum Gasteiger partial charge on any atom is -0.495 e. The summed E-state index contributed by atoms with van der Waals surface area (Å²) < 4.78 is 15.9. The molecular formula is C21H24N2O7. The summed E-state index contributed by atoms with van der Waals surface area (Å²) in [6, 6.07) is 10.2. The average Bonchev–Trinajstić information content (AvgIpc) is 2.72. The molecule has 0 aromatic heterocycles. The molecule has 0 aliphatic heterocycles. The van der Waals surface area contributed by atoms with E-state index in [9.17, 15) is 19.7 Å².